The van der Waals surface area contributed by atoms with Crippen LogP contribution >= 0.6 is 12.2 Å². The Labute approximate surface area is 123 Å². The molecule has 2 heterocycles. The highest BCUT2D eigenvalue weighted by atomic mass is 32.1. The van der Waals surface area contributed by atoms with Crippen LogP contribution in [0, 0.1) is 0 Å². The van der Waals surface area contributed by atoms with Gasteiger partial charge in [0.1, 0.15) is 0 Å². The third-order valence-electron chi connectivity index (χ3n) is 2.84. The zero-order chi connectivity index (χ0) is 14.4. The van der Waals surface area contributed by atoms with Crippen molar-refractivity contribution in [2.75, 3.05) is 32.7 Å². The summed E-state index contributed by atoms with van der Waals surface area (Å²) in [7, 11) is 3.05. The third kappa shape index (κ3) is 4.17. The molecule has 0 bridgehead atoms. The summed E-state index contributed by atoms with van der Waals surface area (Å²) >= 11 is 5.19. The Kier molecular flexibility index (Phi) is 5.31. The summed E-state index contributed by atoms with van der Waals surface area (Å²) in [6.45, 7) is 1.50. The van der Waals surface area contributed by atoms with Gasteiger partial charge in [0, 0.05) is 13.2 Å². The van der Waals surface area contributed by atoms with E-state index in [1.807, 2.05) is 0 Å². The molecule has 8 heteroatoms. The van der Waals surface area contributed by atoms with Crippen molar-refractivity contribution in [2.45, 2.75) is 18.9 Å². The number of hydrogen-bond donors (Lipinski definition) is 2. The Balaban J connectivity index is 1.89. The third-order valence-corrected chi connectivity index (χ3v) is 3.08. The van der Waals surface area contributed by atoms with Gasteiger partial charge < -0.3 is 24.8 Å². The van der Waals surface area contributed by atoms with Gasteiger partial charge in [-0.2, -0.15) is 9.97 Å². The number of nitrogens with zero attached hydrogens (tertiary/aromatic N) is 2. The minimum atomic E-state index is 0.218. The predicted octanol–water partition coefficient (Wildman–Crippen LogP) is 0.959. The highest BCUT2D eigenvalue weighted by molar-refractivity contribution is 7.80. The lowest BCUT2D eigenvalue weighted by atomic mass is 10.2. The molecule has 1 aliphatic heterocycles. The monoisotopic (exact) mass is 298 g/mol. The minimum absolute atomic E-state index is 0.218. The maximum Gasteiger partial charge on any atom is 0.235 e. The van der Waals surface area contributed by atoms with Crippen LogP contribution in [0.25, 0.3) is 0 Å². The van der Waals surface area contributed by atoms with Crippen molar-refractivity contribution in [3.8, 4) is 11.8 Å². The molecule has 1 fully saturated rings. The van der Waals surface area contributed by atoms with Gasteiger partial charge in [-0.15, -0.1) is 0 Å². The molecule has 1 aromatic heterocycles. The normalized spacial score (nSPS) is 17.6. The maximum absolute atomic E-state index is 5.51. The van der Waals surface area contributed by atoms with Gasteiger partial charge in [0.25, 0.3) is 0 Å². The summed E-state index contributed by atoms with van der Waals surface area (Å²) in [6.07, 6.45) is 2.37. The fourth-order valence-electron chi connectivity index (χ4n) is 1.83. The maximum atomic E-state index is 5.51. The van der Waals surface area contributed by atoms with Crippen molar-refractivity contribution >= 4 is 23.3 Å². The SMILES string of the molecule is COc1cc(OC)nc(NC(=S)NCC2CCCO2)n1. The van der Waals surface area contributed by atoms with Crippen LogP contribution < -0.4 is 20.1 Å². The van der Waals surface area contributed by atoms with Crippen LogP contribution in [-0.2, 0) is 4.74 Å². The van der Waals surface area contributed by atoms with E-state index in [0.717, 1.165) is 19.4 Å². The fraction of sp³-hybridized carbons (Fsp3) is 0.583. The molecule has 0 spiro atoms. The van der Waals surface area contributed by atoms with Gasteiger partial charge in [-0.25, -0.2) is 0 Å². The second-order valence-electron chi connectivity index (χ2n) is 4.25. The highest BCUT2D eigenvalue weighted by Gasteiger charge is 2.15. The van der Waals surface area contributed by atoms with Crippen LogP contribution in [0.1, 0.15) is 12.8 Å². The first-order valence-electron chi connectivity index (χ1n) is 6.35. The van der Waals surface area contributed by atoms with E-state index in [-0.39, 0.29) is 6.10 Å². The summed E-state index contributed by atoms with van der Waals surface area (Å²) in [5, 5.41) is 6.42. The molecule has 1 aromatic rings. The van der Waals surface area contributed by atoms with Crippen LogP contribution in [0.2, 0.25) is 0 Å². The highest BCUT2D eigenvalue weighted by Crippen LogP contribution is 2.17. The minimum Gasteiger partial charge on any atom is -0.481 e. The molecule has 1 unspecified atom stereocenters. The van der Waals surface area contributed by atoms with Crippen molar-refractivity contribution < 1.29 is 14.2 Å². The molecule has 0 amide bonds. The van der Waals surface area contributed by atoms with Gasteiger partial charge in [-0.3, -0.25) is 0 Å². The molecule has 1 saturated heterocycles. The summed E-state index contributed by atoms with van der Waals surface area (Å²) in [4.78, 5) is 8.27. The fourth-order valence-corrected chi connectivity index (χ4v) is 2.00. The number of methoxy groups -OCH3 is 2. The van der Waals surface area contributed by atoms with E-state index in [1.54, 1.807) is 6.07 Å². The first kappa shape index (κ1) is 14.7. The zero-order valence-electron chi connectivity index (χ0n) is 11.5. The molecule has 0 saturated carbocycles. The molecule has 0 aliphatic carbocycles. The largest absolute Gasteiger partial charge is 0.481 e. The van der Waals surface area contributed by atoms with Gasteiger partial charge >= 0.3 is 0 Å². The molecule has 1 atom stereocenters. The lowest BCUT2D eigenvalue weighted by Gasteiger charge is -2.13. The molecular formula is C12H18N4O3S. The van der Waals surface area contributed by atoms with Crippen molar-refractivity contribution in [3.63, 3.8) is 0 Å². The van der Waals surface area contributed by atoms with Crippen LogP contribution in [0.5, 0.6) is 11.8 Å². The number of aromatic nitrogens is 2. The Bertz CT molecular complexity index is 444. The smallest absolute Gasteiger partial charge is 0.235 e. The van der Waals surface area contributed by atoms with Gasteiger partial charge in [-0.1, -0.05) is 0 Å². The van der Waals surface area contributed by atoms with E-state index >= 15 is 0 Å². The van der Waals surface area contributed by atoms with Crippen molar-refractivity contribution in [1.82, 2.24) is 15.3 Å². The Morgan fingerprint density at radius 2 is 2.10 bits per heavy atom. The summed E-state index contributed by atoms with van der Waals surface area (Å²) in [5.74, 6) is 1.13. The molecule has 0 radical (unpaired) electrons. The second kappa shape index (κ2) is 7.20. The first-order chi connectivity index (χ1) is 9.71. The number of rotatable bonds is 5. The van der Waals surface area contributed by atoms with E-state index in [1.165, 1.54) is 14.2 Å². The average molecular weight is 298 g/mol. The van der Waals surface area contributed by atoms with Crippen molar-refractivity contribution in [3.05, 3.63) is 6.07 Å². The standard InChI is InChI=1S/C12H18N4O3S/c1-17-9-6-10(18-2)15-11(14-9)16-12(20)13-7-8-4-3-5-19-8/h6,8H,3-5,7H2,1-2H3,(H2,13,14,15,16,20). The second-order valence-corrected chi connectivity index (χ2v) is 4.65. The van der Waals surface area contributed by atoms with E-state index in [0.29, 0.717) is 29.4 Å². The van der Waals surface area contributed by atoms with E-state index in [9.17, 15) is 0 Å². The van der Waals surface area contributed by atoms with Crippen LogP contribution in [0.3, 0.4) is 0 Å². The molecule has 2 N–H and O–H groups in total. The van der Waals surface area contributed by atoms with Gasteiger partial charge in [0.05, 0.1) is 26.4 Å². The number of nitrogens with one attached hydrogen (secondary N) is 2. The van der Waals surface area contributed by atoms with Crippen LogP contribution in [-0.4, -0.2) is 48.6 Å². The molecular weight excluding hydrogens is 280 g/mol. The van der Waals surface area contributed by atoms with Gasteiger partial charge in [0.15, 0.2) is 5.11 Å². The van der Waals surface area contributed by atoms with E-state index in [4.69, 9.17) is 26.4 Å². The van der Waals surface area contributed by atoms with E-state index < -0.39 is 0 Å². The zero-order valence-corrected chi connectivity index (χ0v) is 12.3. The lowest BCUT2D eigenvalue weighted by Crippen LogP contribution is -2.35. The average Bonchev–Trinajstić information content (AvgIpc) is 2.98. The summed E-state index contributed by atoms with van der Waals surface area (Å²) in [5.41, 5.74) is 0. The van der Waals surface area contributed by atoms with Crippen molar-refractivity contribution in [2.24, 2.45) is 0 Å². The first-order valence-corrected chi connectivity index (χ1v) is 6.75. The lowest BCUT2D eigenvalue weighted by molar-refractivity contribution is 0.114. The number of hydrogen-bond acceptors (Lipinski definition) is 6. The predicted molar refractivity (Wildman–Crippen MR) is 78.3 cm³/mol. The van der Waals surface area contributed by atoms with Gasteiger partial charge in [-0.05, 0) is 25.1 Å². The van der Waals surface area contributed by atoms with Crippen LogP contribution in [0.15, 0.2) is 6.07 Å². The topological polar surface area (TPSA) is 77.5 Å². The van der Waals surface area contributed by atoms with Gasteiger partial charge in [0.2, 0.25) is 17.7 Å². The molecule has 110 valence electrons. The quantitative estimate of drug-likeness (QED) is 0.778. The Morgan fingerprint density at radius 3 is 2.65 bits per heavy atom. The molecule has 7 nitrogen and oxygen atoms in total. The summed E-state index contributed by atoms with van der Waals surface area (Å²) < 4.78 is 15.6. The Hall–Kier alpha value is -1.67. The molecule has 0 aromatic carbocycles. The number of thiocarbonyl (C=S) groups is 1. The Morgan fingerprint density at radius 1 is 1.40 bits per heavy atom. The van der Waals surface area contributed by atoms with Crippen LogP contribution in [0.4, 0.5) is 5.95 Å². The summed E-state index contributed by atoms with van der Waals surface area (Å²) in [6, 6.07) is 1.59. The van der Waals surface area contributed by atoms with E-state index in [2.05, 4.69) is 20.6 Å². The molecule has 20 heavy (non-hydrogen) atoms. The number of anilines is 1. The molecule has 2 rings (SSSR count). The van der Waals surface area contributed by atoms with Crippen molar-refractivity contribution in [1.29, 1.82) is 0 Å². The molecule has 1 aliphatic rings. The number of ether oxygens (including phenoxy) is 3.